The Labute approximate surface area is 137 Å². The van der Waals surface area contributed by atoms with Crippen molar-refractivity contribution in [3.63, 3.8) is 0 Å². The van der Waals surface area contributed by atoms with Crippen LogP contribution in [0.2, 0.25) is 0 Å². The molecule has 1 N–H and O–H groups in total. The van der Waals surface area contributed by atoms with E-state index in [1.807, 2.05) is 0 Å². The second kappa shape index (κ2) is 6.64. The van der Waals surface area contributed by atoms with Gasteiger partial charge >= 0.3 is 0 Å². The number of likely N-dealkylation sites (tertiary alicyclic amines) is 1. The van der Waals surface area contributed by atoms with Crippen LogP contribution >= 0.6 is 0 Å². The average molecular weight is 336 g/mol. The van der Waals surface area contributed by atoms with Crippen LogP contribution in [-0.4, -0.2) is 50.1 Å². The lowest BCUT2D eigenvalue weighted by Gasteiger charge is -2.22. The molecule has 1 amide bonds. The summed E-state index contributed by atoms with van der Waals surface area (Å²) in [5, 5.41) is 17.2. The average Bonchev–Trinajstić information content (AvgIpc) is 3.16. The number of aliphatic hydroxyl groups excluding tert-OH is 1. The summed E-state index contributed by atoms with van der Waals surface area (Å²) in [6.07, 6.45) is 1.60. The predicted molar refractivity (Wildman–Crippen MR) is 81.4 cm³/mol. The number of carbonyl (C=O) groups is 1. The fourth-order valence-electron chi connectivity index (χ4n) is 2.95. The zero-order valence-electron chi connectivity index (χ0n) is 13.2. The first-order chi connectivity index (χ1) is 11.5. The number of hydrogen-bond acceptors (Lipinski definition) is 4. The van der Waals surface area contributed by atoms with Gasteiger partial charge in [0.2, 0.25) is 0 Å². The van der Waals surface area contributed by atoms with E-state index >= 15 is 0 Å². The Hall–Kier alpha value is -2.35. The van der Waals surface area contributed by atoms with Crippen molar-refractivity contribution in [2.45, 2.75) is 32.4 Å². The van der Waals surface area contributed by atoms with E-state index in [-0.39, 0.29) is 36.4 Å². The van der Waals surface area contributed by atoms with Crippen molar-refractivity contribution in [3.05, 3.63) is 46.8 Å². The third kappa shape index (κ3) is 3.01. The summed E-state index contributed by atoms with van der Waals surface area (Å²) in [5.74, 6) is -1.60. The minimum Gasteiger partial charge on any atom is -0.394 e. The largest absolute Gasteiger partial charge is 0.394 e. The summed E-state index contributed by atoms with van der Waals surface area (Å²) in [5.41, 5.74) is 0.961. The van der Waals surface area contributed by atoms with E-state index in [0.717, 1.165) is 18.9 Å². The molecule has 0 unspecified atom stereocenters. The highest BCUT2D eigenvalue weighted by molar-refractivity contribution is 5.93. The Morgan fingerprint density at radius 3 is 2.92 bits per heavy atom. The van der Waals surface area contributed by atoms with Gasteiger partial charge < -0.3 is 10.0 Å². The maximum Gasteiger partial charge on any atom is 0.276 e. The van der Waals surface area contributed by atoms with Crippen LogP contribution in [-0.2, 0) is 6.54 Å². The van der Waals surface area contributed by atoms with Crippen LogP contribution in [0.15, 0.2) is 18.2 Å². The molecule has 2 aromatic rings. The van der Waals surface area contributed by atoms with Gasteiger partial charge in [0.1, 0.15) is 11.6 Å². The monoisotopic (exact) mass is 336 g/mol. The van der Waals surface area contributed by atoms with Crippen LogP contribution in [0.1, 0.15) is 34.6 Å². The van der Waals surface area contributed by atoms with Gasteiger partial charge in [-0.05, 0) is 25.8 Å². The Morgan fingerprint density at radius 2 is 2.21 bits per heavy atom. The smallest absolute Gasteiger partial charge is 0.276 e. The van der Waals surface area contributed by atoms with Gasteiger partial charge in [-0.25, -0.2) is 13.5 Å². The van der Waals surface area contributed by atoms with Gasteiger partial charge in [0.05, 0.1) is 24.9 Å². The summed E-state index contributed by atoms with van der Waals surface area (Å²) >= 11 is 0. The molecular formula is C16H18F2N4O2. The summed E-state index contributed by atoms with van der Waals surface area (Å²) in [6.45, 7) is 2.23. The lowest BCUT2D eigenvalue weighted by molar-refractivity contribution is 0.0671. The Bertz CT molecular complexity index is 763. The molecule has 0 bridgehead atoms. The van der Waals surface area contributed by atoms with Gasteiger partial charge in [0.25, 0.3) is 5.91 Å². The second-order valence-electron chi connectivity index (χ2n) is 5.89. The number of amides is 1. The lowest BCUT2D eigenvalue weighted by atomic mass is 10.2. The second-order valence-corrected chi connectivity index (χ2v) is 5.89. The molecule has 6 nitrogen and oxygen atoms in total. The van der Waals surface area contributed by atoms with E-state index in [1.54, 1.807) is 11.8 Å². The molecule has 1 aliphatic rings. The molecule has 0 saturated carbocycles. The van der Waals surface area contributed by atoms with Crippen molar-refractivity contribution in [1.82, 2.24) is 19.9 Å². The number of aromatic nitrogens is 3. The van der Waals surface area contributed by atoms with Crippen LogP contribution in [0, 0.1) is 18.6 Å². The quantitative estimate of drug-likeness (QED) is 0.919. The molecule has 1 fully saturated rings. The molecular weight excluding hydrogens is 318 g/mol. The van der Waals surface area contributed by atoms with Gasteiger partial charge in [-0.2, -0.15) is 0 Å². The van der Waals surface area contributed by atoms with Crippen LogP contribution in [0.3, 0.4) is 0 Å². The molecule has 1 aromatic heterocycles. The minimum absolute atomic E-state index is 0.0572. The first kappa shape index (κ1) is 16.5. The zero-order valence-corrected chi connectivity index (χ0v) is 13.2. The number of halogens is 2. The molecule has 1 aliphatic heterocycles. The van der Waals surface area contributed by atoms with Crippen LogP contribution in [0.25, 0.3) is 0 Å². The maximum absolute atomic E-state index is 13.8. The normalized spacial score (nSPS) is 17.5. The summed E-state index contributed by atoms with van der Waals surface area (Å²) in [7, 11) is 0. The lowest BCUT2D eigenvalue weighted by Crippen LogP contribution is -2.38. The topological polar surface area (TPSA) is 71.2 Å². The first-order valence-electron chi connectivity index (χ1n) is 7.77. The predicted octanol–water partition coefficient (Wildman–Crippen LogP) is 1.51. The maximum atomic E-state index is 13.8. The number of hydrogen-bond donors (Lipinski definition) is 1. The Balaban J connectivity index is 1.82. The van der Waals surface area contributed by atoms with Crippen LogP contribution in [0.5, 0.6) is 0 Å². The van der Waals surface area contributed by atoms with Gasteiger partial charge in [-0.15, -0.1) is 5.10 Å². The molecule has 0 aliphatic carbocycles. The molecule has 2 heterocycles. The first-order valence-corrected chi connectivity index (χ1v) is 7.77. The molecule has 8 heteroatoms. The van der Waals surface area contributed by atoms with E-state index < -0.39 is 11.6 Å². The number of benzene rings is 1. The number of aliphatic hydroxyl groups is 1. The molecule has 0 spiro atoms. The van der Waals surface area contributed by atoms with Gasteiger partial charge in [-0.1, -0.05) is 11.3 Å². The van der Waals surface area contributed by atoms with E-state index in [4.69, 9.17) is 0 Å². The highest BCUT2D eigenvalue weighted by Crippen LogP contribution is 2.20. The molecule has 24 heavy (non-hydrogen) atoms. The van der Waals surface area contributed by atoms with E-state index in [1.165, 1.54) is 16.8 Å². The summed E-state index contributed by atoms with van der Waals surface area (Å²) < 4.78 is 28.2. The molecule has 3 rings (SSSR count). The van der Waals surface area contributed by atoms with Crippen molar-refractivity contribution in [2.24, 2.45) is 0 Å². The van der Waals surface area contributed by atoms with Crippen molar-refractivity contribution in [2.75, 3.05) is 13.2 Å². The Kier molecular flexibility index (Phi) is 4.57. The van der Waals surface area contributed by atoms with Crippen molar-refractivity contribution in [3.8, 4) is 0 Å². The standard InChI is InChI=1S/C16H18F2N4O2/c1-10-15(16(24)21-6-2-3-13(21)9-23)19-20-22(10)8-11-4-5-12(17)7-14(11)18/h4-5,7,13,23H,2-3,6,8-9H2,1H3/t13-/m1/s1. The molecule has 0 radical (unpaired) electrons. The van der Waals surface area contributed by atoms with Crippen molar-refractivity contribution in [1.29, 1.82) is 0 Å². The van der Waals surface area contributed by atoms with E-state index in [9.17, 15) is 18.7 Å². The highest BCUT2D eigenvalue weighted by Gasteiger charge is 2.31. The summed E-state index contributed by atoms with van der Waals surface area (Å²) in [6, 6.07) is 3.13. The van der Waals surface area contributed by atoms with Gasteiger partial charge in [0, 0.05) is 18.2 Å². The molecule has 1 aromatic carbocycles. The third-order valence-corrected chi connectivity index (χ3v) is 4.37. The molecule has 128 valence electrons. The number of nitrogens with zero attached hydrogens (tertiary/aromatic N) is 4. The highest BCUT2D eigenvalue weighted by atomic mass is 19.1. The zero-order chi connectivity index (χ0) is 17.3. The van der Waals surface area contributed by atoms with Crippen molar-refractivity contribution < 1.29 is 18.7 Å². The van der Waals surface area contributed by atoms with Crippen LogP contribution in [0.4, 0.5) is 8.78 Å². The SMILES string of the molecule is Cc1c(C(=O)N2CCC[C@@H]2CO)nnn1Cc1ccc(F)cc1F. The fourth-order valence-corrected chi connectivity index (χ4v) is 2.95. The summed E-state index contributed by atoms with van der Waals surface area (Å²) in [4.78, 5) is 14.2. The number of rotatable bonds is 4. The third-order valence-electron chi connectivity index (χ3n) is 4.37. The van der Waals surface area contributed by atoms with E-state index in [0.29, 0.717) is 12.2 Å². The fraction of sp³-hybridized carbons (Fsp3) is 0.438. The van der Waals surface area contributed by atoms with E-state index in [2.05, 4.69) is 10.3 Å². The Morgan fingerprint density at radius 1 is 1.42 bits per heavy atom. The molecule has 1 saturated heterocycles. The van der Waals surface area contributed by atoms with Crippen LogP contribution < -0.4 is 0 Å². The van der Waals surface area contributed by atoms with Gasteiger partial charge in [0.15, 0.2) is 5.69 Å². The van der Waals surface area contributed by atoms with Gasteiger partial charge in [-0.3, -0.25) is 4.79 Å². The van der Waals surface area contributed by atoms with Crippen molar-refractivity contribution >= 4 is 5.91 Å². The molecule has 1 atom stereocenters. The number of carbonyl (C=O) groups excluding carboxylic acids is 1. The minimum atomic E-state index is -0.669.